The molecule has 1 aromatic carbocycles. The van der Waals surface area contributed by atoms with Gasteiger partial charge in [0.2, 0.25) is 5.91 Å². The summed E-state index contributed by atoms with van der Waals surface area (Å²) in [4.78, 5) is 12.1. The van der Waals surface area contributed by atoms with Crippen LogP contribution in [0.4, 0.5) is 5.69 Å². The molecule has 2 aliphatic rings. The van der Waals surface area contributed by atoms with Crippen LogP contribution in [0.25, 0.3) is 0 Å². The fourth-order valence-corrected chi connectivity index (χ4v) is 3.15. The lowest BCUT2D eigenvalue weighted by Crippen LogP contribution is -2.35. The van der Waals surface area contributed by atoms with Crippen LogP contribution in [-0.4, -0.2) is 47.0 Å². The summed E-state index contributed by atoms with van der Waals surface area (Å²) >= 11 is 0. The summed E-state index contributed by atoms with van der Waals surface area (Å²) in [6.45, 7) is 0.453. The first kappa shape index (κ1) is 16.2. The largest absolute Gasteiger partial charge is 0.488 e. The molecule has 1 aliphatic carbocycles. The van der Waals surface area contributed by atoms with Crippen LogP contribution < -0.4 is 15.4 Å². The number of anilines is 1. The molecule has 1 saturated heterocycles. The first-order valence-electron chi connectivity index (χ1n) is 8.29. The Labute approximate surface area is 135 Å². The number of hydrogen-bond acceptors (Lipinski definition) is 5. The van der Waals surface area contributed by atoms with Gasteiger partial charge in [0.1, 0.15) is 11.9 Å². The number of aliphatic hydroxyl groups excluding tert-OH is 2. The third kappa shape index (κ3) is 4.22. The van der Waals surface area contributed by atoms with Gasteiger partial charge in [0.15, 0.2) is 0 Å². The van der Waals surface area contributed by atoms with Gasteiger partial charge in [-0.05, 0) is 49.9 Å². The number of rotatable bonds is 4. The predicted molar refractivity (Wildman–Crippen MR) is 86.4 cm³/mol. The van der Waals surface area contributed by atoms with Gasteiger partial charge in [-0.25, -0.2) is 0 Å². The van der Waals surface area contributed by atoms with E-state index in [1.54, 1.807) is 24.3 Å². The highest BCUT2D eigenvalue weighted by atomic mass is 16.5. The molecule has 1 amide bonds. The van der Waals surface area contributed by atoms with E-state index in [1.807, 2.05) is 0 Å². The lowest BCUT2D eigenvalue weighted by atomic mass is 9.95. The molecule has 4 atom stereocenters. The van der Waals surface area contributed by atoms with Crippen molar-refractivity contribution in [3.63, 3.8) is 0 Å². The zero-order chi connectivity index (χ0) is 16.2. The van der Waals surface area contributed by atoms with Crippen LogP contribution in [0, 0.1) is 0 Å². The molecule has 0 radical (unpaired) electrons. The zero-order valence-corrected chi connectivity index (χ0v) is 13.1. The quantitative estimate of drug-likeness (QED) is 0.665. The summed E-state index contributed by atoms with van der Waals surface area (Å²) in [5.41, 5.74) is 0.690. The molecule has 2 fully saturated rings. The molecule has 2 unspecified atom stereocenters. The number of β-amino-alcohol motifs (C(OH)–C–C–N with tert-alkyl or cyclic N) is 1. The number of hydrogen-bond donors (Lipinski definition) is 4. The third-order valence-electron chi connectivity index (χ3n) is 4.50. The van der Waals surface area contributed by atoms with Crippen molar-refractivity contribution in [2.75, 3.05) is 11.9 Å². The van der Waals surface area contributed by atoms with Gasteiger partial charge in [0, 0.05) is 12.2 Å². The maximum atomic E-state index is 12.1. The maximum Gasteiger partial charge on any atom is 0.241 e. The van der Waals surface area contributed by atoms with Crippen molar-refractivity contribution in [2.24, 2.45) is 0 Å². The van der Waals surface area contributed by atoms with Crippen LogP contribution in [0.1, 0.15) is 32.1 Å². The van der Waals surface area contributed by atoms with E-state index < -0.39 is 12.2 Å². The van der Waals surface area contributed by atoms with Gasteiger partial charge in [-0.2, -0.15) is 0 Å². The molecule has 1 aliphatic heterocycles. The van der Waals surface area contributed by atoms with Gasteiger partial charge < -0.3 is 25.6 Å². The average Bonchev–Trinajstić information content (AvgIpc) is 2.98. The van der Waals surface area contributed by atoms with Crippen molar-refractivity contribution >= 4 is 11.6 Å². The monoisotopic (exact) mass is 320 g/mol. The highest BCUT2D eigenvalue weighted by Gasteiger charge is 2.28. The second kappa shape index (κ2) is 7.29. The van der Waals surface area contributed by atoms with Crippen molar-refractivity contribution in [3.8, 4) is 5.75 Å². The molecule has 126 valence electrons. The molecular weight excluding hydrogens is 296 g/mol. The summed E-state index contributed by atoms with van der Waals surface area (Å²) < 4.78 is 5.83. The number of benzene rings is 1. The van der Waals surface area contributed by atoms with Crippen LogP contribution in [-0.2, 0) is 4.79 Å². The molecule has 1 saturated carbocycles. The SMILES string of the molecule is O=C(Nc1ccc(OC2CCCCC2O)cc1)[C@H]1C[C@@H](O)CN1. The minimum Gasteiger partial charge on any atom is -0.488 e. The normalized spacial score (nSPS) is 30.9. The Bertz CT molecular complexity index is 534. The Morgan fingerprint density at radius 3 is 2.57 bits per heavy atom. The van der Waals surface area contributed by atoms with Gasteiger partial charge in [0.25, 0.3) is 0 Å². The predicted octanol–water partition coefficient (Wildman–Crippen LogP) is 1.03. The number of nitrogens with one attached hydrogen (secondary N) is 2. The van der Waals surface area contributed by atoms with Gasteiger partial charge >= 0.3 is 0 Å². The lowest BCUT2D eigenvalue weighted by molar-refractivity contribution is -0.117. The molecule has 6 heteroatoms. The van der Waals surface area contributed by atoms with E-state index in [2.05, 4.69) is 10.6 Å². The first-order valence-corrected chi connectivity index (χ1v) is 8.29. The first-order chi connectivity index (χ1) is 11.1. The van der Waals surface area contributed by atoms with E-state index in [0.717, 1.165) is 25.7 Å². The smallest absolute Gasteiger partial charge is 0.241 e. The second-order valence-electron chi connectivity index (χ2n) is 6.37. The molecule has 0 bridgehead atoms. The van der Waals surface area contributed by atoms with Crippen molar-refractivity contribution in [2.45, 2.75) is 56.5 Å². The molecule has 3 rings (SSSR count). The minimum absolute atomic E-state index is 0.141. The van der Waals surface area contributed by atoms with Gasteiger partial charge in [-0.3, -0.25) is 4.79 Å². The van der Waals surface area contributed by atoms with Gasteiger partial charge in [-0.15, -0.1) is 0 Å². The van der Waals surface area contributed by atoms with Crippen molar-refractivity contribution < 1.29 is 19.7 Å². The van der Waals surface area contributed by atoms with E-state index in [0.29, 0.717) is 24.4 Å². The summed E-state index contributed by atoms with van der Waals surface area (Å²) in [5.74, 6) is 0.557. The van der Waals surface area contributed by atoms with E-state index >= 15 is 0 Å². The Morgan fingerprint density at radius 1 is 1.17 bits per heavy atom. The van der Waals surface area contributed by atoms with Crippen LogP contribution in [0.2, 0.25) is 0 Å². The Balaban J connectivity index is 1.53. The fraction of sp³-hybridized carbons (Fsp3) is 0.588. The number of aliphatic hydroxyl groups is 2. The molecule has 1 aromatic rings. The molecular formula is C17H24N2O4. The Hall–Kier alpha value is -1.63. The van der Waals surface area contributed by atoms with E-state index in [9.17, 15) is 15.0 Å². The van der Waals surface area contributed by atoms with Crippen molar-refractivity contribution in [3.05, 3.63) is 24.3 Å². The number of amides is 1. The lowest BCUT2D eigenvalue weighted by Gasteiger charge is -2.28. The van der Waals surface area contributed by atoms with E-state index in [-0.39, 0.29) is 18.1 Å². The van der Waals surface area contributed by atoms with Crippen LogP contribution in [0.15, 0.2) is 24.3 Å². The molecule has 23 heavy (non-hydrogen) atoms. The molecule has 1 heterocycles. The molecule has 0 aromatic heterocycles. The highest BCUT2D eigenvalue weighted by Crippen LogP contribution is 2.25. The van der Waals surface area contributed by atoms with Crippen molar-refractivity contribution in [1.82, 2.24) is 5.32 Å². The van der Waals surface area contributed by atoms with Gasteiger partial charge in [-0.1, -0.05) is 6.42 Å². The van der Waals surface area contributed by atoms with E-state index in [4.69, 9.17) is 4.74 Å². The maximum absolute atomic E-state index is 12.1. The average molecular weight is 320 g/mol. The third-order valence-corrected chi connectivity index (χ3v) is 4.50. The van der Waals surface area contributed by atoms with Crippen LogP contribution in [0.5, 0.6) is 5.75 Å². The Kier molecular flexibility index (Phi) is 5.15. The number of ether oxygens (including phenoxy) is 1. The summed E-state index contributed by atoms with van der Waals surface area (Å²) in [6.07, 6.45) is 3.23. The topological polar surface area (TPSA) is 90.8 Å². The van der Waals surface area contributed by atoms with Crippen LogP contribution in [0.3, 0.4) is 0 Å². The van der Waals surface area contributed by atoms with Gasteiger partial charge in [0.05, 0.1) is 18.2 Å². The Morgan fingerprint density at radius 2 is 1.91 bits per heavy atom. The summed E-state index contributed by atoms with van der Waals surface area (Å²) in [6, 6.07) is 6.82. The van der Waals surface area contributed by atoms with E-state index in [1.165, 1.54) is 0 Å². The summed E-state index contributed by atoms with van der Waals surface area (Å²) in [7, 11) is 0. The molecule has 6 nitrogen and oxygen atoms in total. The highest BCUT2D eigenvalue weighted by molar-refractivity contribution is 5.95. The molecule has 0 spiro atoms. The number of carbonyl (C=O) groups excluding carboxylic acids is 1. The standard InChI is InChI=1S/C17H24N2O4/c20-12-9-14(18-10-12)17(22)19-11-5-7-13(8-6-11)23-16-4-2-1-3-15(16)21/h5-8,12,14-16,18,20-21H,1-4,9-10H2,(H,19,22)/t12-,14-,15?,16?/m1/s1. The zero-order valence-electron chi connectivity index (χ0n) is 13.1. The van der Waals surface area contributed by atoms with Crippen molar-refractivity contribution in [1.29, 1.82) is 0 Å². The van der Waals surface area contributed by atoms with Crippen LogP contribution >= 0.6 is 0 Å². The summed E-state index contributed by atoms with van der Waals surface area (Å²) in [5, 5.41) is 25.2. The number of carbonyl (C=O) groups is 1. The fourth-order valence-electron chi connectivity index (χ4n) is 3.15. The second-order valence-corrected chi connectivity index (χ2v) is 6.37. The molecule has 4 N–H and O–H groups in total. The minimum atomic E-state index is -0.455.